The average Bonchev–Trinajstić information content (AvgIpc) is 2.51. The first-order chi connectivity index (χ1) is 10.7. The number of nitrogens with one attached hydrogen (secondary N) is 2. The van der Waals surface area contributed by atoms with Crippen LogP contribution in [0, 0.1) is 5.92 Å². The fraction of sp³-hybridized carbons (Fsp3) is 0.647. The summed E-state index contributed by atoms with van der Waals surface area (Å²) in [5.41, 5.74) is 1.07. The standard InChI is InChI=1S/C17H30N4O/c1-5-11-22-16-8-7-15(12-20-16)13-21-17(18-6-2)19-10-9-14(3)4/h7-8,12,14H,5-6,9-11,13H2,1-4H3,(H2,18,19,21). The van der Waals surface area contributed by atoms with Crippen LogP contribution in [0.5, 0.6) is 5.88 Å². The third kappa shape index (κ3) is 7.86. The van der Waals surface area contributed by atoms with Gasteiger partial charge in [-0.2, -0.15) is 0 Å². The van der Waals surface area contributed by atoms with Gasteiger partial charge in [0, 0.05) is 25.4 Å². The van der Waals surface area contributed by atoms with Gasteiger partial charge in [0.1, 0.15) is 0 Å². The molecule has 124 valence electrons. The molecule has 0 aliphatic heterocycles. The summed E-state index contributed by atoms with van der Waals surface area (Å²) in [4.78, 5) is 8.88. The largest absolute Gasteiger partial charge is 0.478 e. The predicted octanol–water partition coefficient (Wildman–Crippen LogP) is 2.97. The smallest absolute Gasteiger partial charge is 0.213 e. The lowest BCUT2D eigenvalue weighted by Gasteiger charge is -2.12. The van der Waals surface area contributed by atoms with Gasteiger partial charge in [-0.25, -0.2) is 9.98 Å². The minimum Gasteiger partial charge on any atom is -0.478 e. The van der Waals surface area contributed by atoms with E-state index < -0.39 is 0 Å². The second kappa shape index (κ2) is 10.9. The van der Waals surface area contributed by atoms with Gasteiger partial charge in [-0.05, 0) is 31.2 Å². The van der Waals surface area contributed by atoms with Gasteiger partial charge in [0.2, 0.25) is 5.88 Å². The van der Waals surface area contributed by atoms with Gasteiger partial charge < -0.3 is 15.4 Å². The SMILES string of the molecule is CCCOc1ccc(CN=C(NCC)NCCC(C)C)cn1. The molecule has 1 heterocycles. The van der Waals surface area contributed by atoms with Crippen LogP contribution in [0.25, 0.3) is 0 Å². The Bertz CT molecular complexity index is 429. The highest BCUT2D eigenvalue weighted by molar-refractivity contribution is 5.79. The van der Waals surface area contributed by atoms with E-state index in [2.05, 4.69) is 48.3 Å². The van der Waals surface area contributed by atoms with E-state index in [0.717, 1.165) is 37.5 Å². The number of aliphatic imine (C=N–C) groups is 1. The number of hydrogen-bond acceptors (Lipinski definition) is 3. The number of pyridine rings is 1. The van der Waals surface area contributed by atoms with Crippen molar-refractivity contribution in [2.24, 2.45) is 10.9 Å². The Morgan fingerprint density at radius 3 is 2.68 bits per heavy atom. The summed E-state index contributed by atoms with van der Waals surface area (Å²) >= 11 is 0. The molecule has 0 saturated carbocycles. The second-order valence-electron chi connectivity index (χ2n) is 5.66. The second-order valence-corrected chi connectivity index (χ2v) is 5.66. The summed E-state index contributed by atoms with van der Waals surface area (Å²) in [6.07, 6.45) is 3.95. The van der Waals surface area contributed by atoms with E-state index in [4.69, 9.17) is 4.74 Å². The zero-order valence-corrected chi connectivity index (χ0v) is 14.4. The molecule has 0 radical (unpaired) electrons. The molecule has 0 unspecified atom stereocenters. The van der Waals surface area contributed by atoms with Crippen LogP contribution in [0.1, 0.15) is 46.1 Å². The first kappa shape index (κ1) is 18.3. The van der Waals surface area contributed by atoms with Crippen LogP contribution in [0.15, 0.2) is 23.3 Å². The zero-order valence-electron chi connectivity index (χ0n) is 14.4. The lowest BCUT2D eigenvalue weighted by Crippen LogP contribution is -2.38. The first-order valence-electron chi connectivity index (χ1n) is 8.25. The summed E-state index contributed by atoms with van der Waals surface area (Å²) in [7, 11) is 0. The molecule has 0 atom stereocenters. The Kier molecular flexibility index (Phi) is 9.03. The highest BCUT2D eigenvalue weighted by Gasteiger charge is 2.00. The molecule has 5 nitrogen and oxygen atoms in total. The first-order valence-corrected chi connectivity index (χ1v) is 8.25. The molecular weight excluding hydrogens is 276 g/mol. The van der Waals surface area contributed by atoms with Crippen LogP contribution in [-0.2, 0) is 6.54 Å². The Balaban J connectivity index is 2.50. The van der Waals surface area contributed by atoms with Crippen molar-refractivity contribution in [2.45, 2.75) is 47.1 Å². The fourth-order valence-electron chi connectivity index (χ4n) is 1.79. The number of aromatic nitrogens is 1. The topological polar surface area (TPSA) is 58.5 Å². The molecule has 0 bridgehead atoms. The van der Waals surface area contributed by atoms with Crippen LogP contribution < -0.4 is 15.4 Å². The van der Waals surface area contributed by atoms with E-state index >= 15 is 0 Å². The van der Waals surface area contributed by atoms with E-state index in [1.807, 2.05) is 18.3 Å². The molecular formula is C17H30N4O. The Labute approximate surface area is 134 Å². The van der Waals surface area contributed by atoms with Gasteiger partial charge >= 0.3 is 0 Å². The monoisotopic (exact) mass is 306 g/mol. The molecule has 0 aliphatic carbocycles. The Morgan fingerprint density at radius 2 is 2.09 bits per heavy atom. The maximum Gasteiger partial charge on any atom is 0.213 e. The molecule has 1 rings (SSSR count). The van der Waals surface area contributed by atoms with Crippen molar-refractivity contribution in [3.05, 3.63) is 23.9 Å². The van der Waals surface area contributed by atoms with Crippen molar-refractivity contribution in [1.29, 1.82) is 0 Å². The van der Waals surface area contributed by atoms with Gasteiger partial charge in [0.15, 0.2) is 5.96 Å². The van der Waals surface area contributed by atoms with Crippen molar-refractivity contribution in [1.82, 2.24) is 15.6 Å². The molecule has 2 N–H and O–H groups in total. The van der Waals surface area contributed by atoms with Crippen molar-refractivity contribution in [2.75, 3.05) is 19.7 Å². The maximum absolute atomic E-state index is 5.48. The van der Waals surface area contributed by atoms with Gasteiger partial charge in [-0.15, -0.1) is 0 Å². The van der Waals surface area contributed by atoms with Crippen molar-refractivity contribution >= 4 is 5.96 Å². The quantitative estimate of drug-likeness (QED) is 0.544. The highest BCUT2D eigenvalue weighted by Crippen LogP contribution is 2.08. The van der Waals surface area contributed by atoms with Crippen LogP contribution >= 0.6 is 0 Å². The summed E-state index contributed by atoms with van der Waals surface area (Å²) in [5.74, 6) is 2.22. The van der Waals surface area contributed by atoms with Crippen molar-refractivity contribution in [3.8, 4) is 5.88 Å². The minimum absolute atomic E-state index is 0.609. The molecule has 1 aromatic rings. The molecule has 0 amide bonds. The lowest BCUT2D eigenvalue weighted by atomic mass is 10.1. The average molecular weight is 306 g/mol. The van der Waals surface area contributed by atoms with E-state index in [1.165, 1.54) is 0 Å². The normalized spacial score (nSPS) is 11.6. The molecule has 0 fully saturated rings. The lowest BCUT2D eigenvalue weighted by molar-refractivity contribution is 0.305. The summed E-state index contributed by atoms with van der Waals surface area (Å²) in [5, 5.41) is 6.62. The predicted molar refractivity (Wildman–Crippen MR) is 92.3 cm³/mol. The van der Waals surface area contributed by atoms with E-state index in [1.54, 1.807) is 0 Å². The van der Waals surface area contributed by atoms with Gasteiger partial charge in [0.25, 0.3) is 0 Å². The van der Waals surface area contributed by atoms with Gasteiger partial charge in [0.05, 0.1) is 13.2 Å². The number of guanidine groups is 1. The van der Waals surface area contributed by atoms with Crippen molar-refractivity contribution in [3.63, 3.8) is 0 Å². The summed E-state index contributed by atoms with van der Waals surface area (Å²) < 4.78 is 5.48. The Morgan fingerprint density at radius 1 is 1.27 bits per heavy atom. The third-order valence-corrected chi connectivity index (χ3v) is 3.03. The van der Waals surface area contributed by atoms with E-state index in [-0.39, 0.29) is 0 Å². The fourth-order valence-corrected chi connectivity index (χ4v) is 1.79. The summed E-state index contributed by atoms with van der Waals surface area (Å²) in [6.45, 7) is 11.7. The molecule has 0 aromatic carbocycles. The van der Waals surface area contributed by atoms with Crippen LogP contribution in [0.3, 0.4) is 0 Å². The van der Waals surface area contributed by atoms with Crippen LogP contribution in [0.4, 0.5) is 0 Å². The van der Waals surface area contributed by atoms with Gasteiger partial charge in [-0.1, -0.05) is 26.8 Å². The number of hydrogen-bond donors (Lipinski definition) is 2. The minimum atomic E-state index is 0.609. The highest BCUT2D eigenvalue weighted by atomic mass is 16.5. The number of ether oxygens (including phenoxy) is 1. The molecule has 0 spiro atoms. The maximum atomic E-state index is 5.48. The Hall–Kier alpha value is -1.78. The molecule has 1 aromatic heterocycles. The zero-order chi connectivity index (χ0) is 16.2. The van der Waals surface area contributed by atoms with Crippen molar-refractivity contribution < 1.29 is 4.74 Å². The molecule has 22 heavy (non-hydrogen) atoms. The van der Waals surface area contributed by atoms with Crippen LogP contribution in [-0.4, -0.2) is 30.6 Å². The number of nitrogens with zero attached hydrogens (tertiary/aromatic N) is 2. The van der Waals surface area contributed by atoms with E-state index in [0.29, 0.717) is 24.9 Å². The van der Waals surface area contributed by atoms with Crippen LogP contribution in [0.2, 0.25) is 0 Å². The number of rotatable bonds is 9. The third-order valence-electron chi connectivity index (χ3n) is 3.03. The van der Waals surface area contributed by atoms with E-state index in [9.17, 15) is 0 Å². The molecule has 5 heteroatoms. The molecule has 0 saturated heterocycles. The summed E-state index contributed by atoms with van der Waals surface area (Å²) in [6, 6.07) is 3.92. The molecule has 0 aliphatic rings. The van der Waals surface area contributed by atoms with Gasteiger partial charge in [-0.3, -0.25) is 0 Å².